The van der Waals surface area contributed by atoms with Crippen molar-refractivity contribution < 1.29 is 8.81 Å². The Hall–Kier alpha value is -3.22. The number of benzene rings is 2. The summed E-state index contributed by atoms with van der Waals surface area (Å²) in [6.07, 6.45) is 1.73. The van der Waals surface area contributed by atoms with E-state index >= 15 is 0 Å². The summed E-state index contributed by atoms with van der Waals surface area (Å²) in [5.41, 5.74) is 3.01. The van der Waals surface area contributed by atoms with E-state index in [0.29, 0.717) is 27.3 Å². The van der Waals surface area contributed by atoms with Crippen LogP contribution in [0.3, 0.4) is 0 Å². The molecule has 0 radical (unpaired) electrons. The largest absolute Gasteiger partial charge is 0.459 e. The van der Waals surface area contributed by atoms with Gasteiger partial charge in [0.2, 0.25) is 0 Å². The zero-order valence-electron chi connectivity index (χ0n) is 17.1. The Bertz CT molecular complexity index is 1290. The first kappa shape index (κ1) is 20.7. The molecule has 0 aliphatic carbocycles. The van der Waals surface area contributed by atoms with Crippen molar-refractivity contribution in [3.05, 3.63) is 107 Å². The number of hydrogen-bond acceptors (Lipinski definition) is 3. The molecule has 1 fully saturated rings. The van der Waals surface area contributed by atoms with Gasteiger partial charge in [-0.05, 0) is 67.2 Å². The van der Waals surface area contributed by atoms with Crippen molar-refractivity contribution in [2.24, 2.45) is 0 Å². The highest BCUT2D eigenvalue weighted by Crippen LogP contribution is 2.43. The van der Waals surface area contributed by atoms with Crippen LogP contribution in [0.25, 0.3) is 11.3 Å². The van der Waals surface area contributed by atoms with Gasteiger partial charge in [-0.2, -0.15) is 0 Å². The molecule has 0 unspecified atom stereocenters. The molecule has 32 heavy (non-hydrogen) atoms. The third kappa shape index (κ3) is 3.55. The average Bonchev–Trinajstić information content (AvgIpc) is 3.41. The van der Waals surface area contributed by atoms with E-state index < -0.39 is 6.04 Å². The second-order valence-electron chi connectivity index (χ2n) is 7.56. The molecule has 1 saturated heterocycles. The van der Waals surface area contributed by atoms with E-state index in [9.17, 15) is 4.39 Å². The fourth-order valence-corrected chi connectivity index (χ4v) is 4.59. The minimum atomic E-state index is -0.428. The number of para-hydroxylation sites is 1. The van der Waals surface area contributed by atoms with Gasteiger partial charge in [-0.3, -0.25) is 4.98 Å². The number of hydrogen-bond donors (Lipinski definition) is 1. The minimum Gasteiger partial charge on any atom is -0.459 e. The van der Waals surface area contributed by atoms with Crippen LogP contribution in [-0.4, -0.2) is 10.1 Å². The summed E-state index contributed by atoms with van der Waals surface area (Å²) in [6, 6.07) is 21.0. The van der Waals surface area contributed by atoms with Crippen LogP contribution >= 0.6 is 23.8 Å². The molecular weight excluding hydrogens is 445 g/mol. The number of nitrogens with one attached hydrogen (secondary N) is 1. The van der Waals surface area contributed by atoms with Crippen LogP contribution in [0.1, 0.15) is 29.1 Å². The van der Waals surface area contributed by atoms with Gasteiger partial charge in [0, 0.05) is 16.8 Å². The summed E-state index contributed by atoms with van der Waals surface area (Å²) < 4.78 is 21.1. The van der Waals surface area contributed by atoms with Gasteiger partial charge in [-0.1, -0.05) is 41.9 Å². The molecule has 2 aromatic carbocycles. The highest BCUT2D eigenvalue weighted by molar-refractivity contribution is 7.80. The molecule has 0 spiro atoms. The third-order valence-corrected chi connectivity index (χ3v) is 6.39. The maximum Gasteiger partial charge on any atom is 0.174 e. The Labute approximate surface area is 195 Å². The molecule has 1 aliphatic rings. The number of nitrogens with zero attached hydrogens (tertiary/aromatic N) is 2. The minimum absolute atomic E-state index is 0.317. The summed E-state index contributed by atoms with van der Waals surface area (Å²) in [5, 5.41) is 4.39. The molecule has 1 N–H and O–H groups in total. The van der Waals surface area contributed by atoms with Crippen LogP contribution in [0.15, 0.2) is 83.4 Å². The molecule has 4 nitrogen and oxygen atoms in total. The second kappa shape index (κ2) is 8.37. The van der Waals surface area contributed by atoms with Gasteiger partial charge >= 0.3 is 0 Å². The summed E-state index contributed by atoms with van der Waals surface area (Å²) in [5.74, 6) is 0.970. The zero-order valence-corrected chi connectivity index (χ0v) is 18.7. The van der Waals surface area contributed by atoms with Gasteiger partial charge in [-0.15, -0.1) is 0 Å². The number of rotatable bonds is 4. The molecule has 0 bridgehead atoms. The predicted octanol–water partition coefficient (Wildman–Crippen LogP) is 6.62. The lowest BCUT2D eigenvalue weighted by molar-refractivity contribution is 0.437. The van der Waals surface area contributed by atoms with E-state index in [4.69, 9.17) is 28.2 Å². The molecule has 3 heterocycles. The first-order valence-electron chi connectivity index (χ1n) is 10.1. The number of anilines is 1. The van der Waals surface area contributed by atoms with Gasteiger partial charge in [0.25, 0.3) is 0 Å². The van der Waals surface area contributed by atoms with E-state index in [1.807, 2.05) is 55.5 Å². The van der Waals surface area contributed by atoms with E-state index in [1.54, 1.807) is 29.3 Å². The van der Waals surface area contributed by atoms with Crippen molar-refractivity contribution in [2.45, 2.75) is 19.0 Å². The Morgan fingerprint density at radius 1 is 1.03 bits per heavy atom. The first-order chi connectivity index (χ1) is 15.5. The molecule has 160 valence electrons. The van der Waals surface area contributed by atoms with Crippen LogP contribution in [-0.2, 0) is 0 Å². The second-order valence-corrected chi connectivity index (χ2v) is 8.36. The molecule has 0 saturated carbocycles. The van der Waals surface area contributed by atoms with Crippen LogP contribution < -0.4 is 10.2 Å². The molecule has 2 atom stereocenters. The third-order valence-electron chi connectivity index (χ3n) is 5.66. The predicted molar refractivity (Wildman–Crippen MR) is 128 cm³/mol. The van der Waals surface area contributed by atoms with Gasteiger partial charge in [0.15, 0.2) is 5.11 Å². The van der Waals surface area contributed by atoms with E-state index in [2.05, 4.69) is 10.3 Å². The van der Waals surface area contributed by atoms with Gasteiger partial charge < -0.3 is 14.6 Å². The lowest BCUT2D eigenvalue weighted by Gasteiger charge is -2.26. The van der Waals surface area contributed by atoms with Gasteiger partial charge in [-0.25, -0.2) is 4.39 Å². The maximum atomic E-state index is 14.8. The van der Waals surface area contributed by atoms with Crippen LogP contribution in [0, 0.1) is 12.7 Å². The van der Waals surface area contributed by atoms with Crippen molar-refractivity contribution in [3.8, 4) is 11.3 Å². The Morgan fingerprint density at radius 3 is 2.62 bits per heavy atom. The molecule has 0 amide bonds. The number of halogens is 2. The van der Waals surface area contributed by atoms with Crippen molar-refractivity contribution >= 4 is 34.6 Å². The standard InChI is InChI=1S/C25H19ClFN3OS/c1-15-16(7-6-8-17(15)26)21-12-13-22(31-21)24-23(19-10-4-5-14-28-19)29-25(32)30(24)20-11-3-2-9-18(20)27/h2-14,23-24H,1H3,(H,29,32)/t23-,24-/m0/s1. The Morgan fingerprint density at radius 2 is 1.84 bits per heavy atom. The van der Waals surface area contributed by atoms with Crippen LogP contribution in [0.4, 0.5) is 10.1 Å². The molecule has 1 aliphatic heterocycles. The first-order valence-corrected chi connectivity index (χ1v) is 10.9. The van der Waals surface area contributed by atoms with Gasteiger partial charge in [0.05, 0.1) is 17.4 Å². The van der Waals surface area contributed by atoms with Crippen molar-refractivity contribution in [3.63, 3.8) is 0 Å². The molecule has 5 rings (SSSR count). The lowest BCUT2D eigenvalue weighted by atomic mass is 10.0. The Balaban J connectivity index is 1.63. The SMILES string of the molecule is Cc1c(Cl)cccc1-c1ccc([C@H]2[C@H](c3ccccn3)NC(=S)N2c2ccccc2F)o1. The monoisotopic (exact) mass is 463 g/mol. The number of pyridine rings is 1. The van der Waals surface area contributed by atoms with Crippen molar-refractivity contribution in [2.75, 3.05) is 4.90 Å². The lowest BCUT2D eigenvalue weighted by Crippen LogP contribution is -2.30. The quantitative estimate of drug-likeness (QED) is 0.344. The summed E-state index contributed by atoms with van der Waals surface area (Å²) in [6.45, 7) is 1.95. The van der Waals surface area contributed by atoms with Crippen molar-refractivity contribution in [1.29, 1.82) is 0 Å². The molecule has 4 aromatic rings. The average molecular weight is 464 g/mol. The molecule has 2 aromatic heterocycles. The van der Waals surface area contributed by atoms with E-state index in [0.717, 1.165) is 16.8 Å². The fourth-order valence-electron chi connectivity index (χ4n) is 4.08. The topological polar surface area (TPSA) is 41.3 Å². The highest BCUT2D eigenvalue weighted by Gasteiger charge is 2.43. The fraction of sp³-hybridized carbons (Fsp3) is 0.120. The number of furan rings is 1. The summed E-state index contributed by atoms with van der Waals surface area (Å²) in [7, 11) is 0. The molecule has 7 heteroatoms. The summed E-state index contributed by atoms with van der Waals surface area (Å²) >= 11 is 11.9. The van der Waals surface area contributed by atoms with E-state index in [1.165, 1.54) is 6.07 Å². The molecular formula is C25H19ClFN3OS. The van der Waals surface area contributed by atoms with Crippen LogP contribution in [0.5, 0.6) is 0 Å². The maximum absolute atomic E-state index is 14.8. The van der Waals surface area contributed by atoms with E-state index in [-0.39, 0.29) is 11.9 Å². The zero-order chi connectivity index (χ0) is 22.2. The number of aromatic nitrogens is 1. The van der Waals surface area contributed by atoms with Gasteiger partial charge in [0.1, 0.15) is 23.4 Å². The normalized spacial score (nSPS) is 18.1. The number of thiocarbonyl (C=S) groups is 1. The Kier molecular flexibility index (Phi) is 5.41. The smallest absolute Gasteiger partial charge is 0.174 e. The highest BCUT2D eigenvalue weighted by atomic mass is 35.5. The van der Waals surface area contributed by atoms with Crippen LogP contribution in [0.2, 0.25) is 5.02 Å². The van der Waals surface area contributed by atoms with Crippen molar-refractivity contribution in [1.82, 2.24) is 10.3 Å². The summed E-state index contributed by atoms with van der Waals surface area (Å²) in [4.78, 5) is 6.27.